The van der Waals surface area contributed by atoms with E-state index in [0.29, 0.717) is 29.4 Å². The van der Waals surface area contributed by atoms with Crippen LogP contribution in [0.3, 0.4) is 0 Å². The Bertz CT molecular complexity index is 908. The van der Waals surface area contributed by atoms with E-state index in [9.17, 15) is 4.79 Å². The summed E-state index contributed by atoms with van der Waals surface area (Å²) < 4.78 is 11.7. The van der Waals surface area contributed by atoms with Gasteiger partial charge < -0.3 is 14.4 Å². The zero-order valence-corrected chi connectivity index (χ0v) is 18.4. The summed E-state index contributed by atoms with van der Waals surface area (Å²) in [5, 5.41) is 3.71. The molecule has 0 saturated carbocycles. The highest BCUT2D eigenvalue weighted by molar-refractivity contribution is 7.08. The van der Waals surface area contributed by atoms with E-state index in [1.807, 2.05) is 35.0 Å². The van der Waals surface area contributed by atoms with Gasteiger partial charge in [-0.1, -0.05) is 12.8 Å². The highest BCUT2D eigenvalue weighted by Gasteiger charge is 2.16. The Balaban J connectivity index is 1.50. The van der Waals surface area contributed by atoms with Gasteiger partial charge in [-0.2, -0.15) is 11.3 Å². The summed E-state index contributed by atoms with van der Waals surface area (Å²) in [4.78, 5) is 19.1. The molecule has 0 atom stereocenters. The average Bonchev–Trinajstić information content (AvgIpc) is 3.29. The number of benzene rings is 1. The highest BCUT2D eigenvalue weighted by Crippen LogP contribution is 2.27. The Labute approximate surface area is 182 Å². The molecule has 1 aromatic carbocycles. The third kappa shape index (κ3) is 6.68. The van der Waals surface area contributed by atoms with Crippen molar-refractivity contribution >= 4 is 17.1 Å². The van der Waals surface area contributed by atoms with E-state index in [0.717, 1.165) is 18.7 Å². The lowest BCUT2D eigenvalue weighted by Gasteiger charge is -2.11. The zero-order chi connectivity index (χ0) is 21.2. The minimum atomic E-state index is -0.0927. The fraction of sp³-hybridized carbons (Fsp3) is 0.333. The third-order valence-corrected chi connectivity index (χ3v) is 5.29. The molecule has 0 saturated heterocycles. The quantitative estimate of drug-likeness (QED) is 0.277. The van der Waals surface area contributed by atoms with Crippen LogP contribution >= 0.6 is 11.3 Å². The lowest BCUT2D eigenvalue weighted by molar-refractivity contribution is 0.103. The summed E-state index contributed by atoms with van der Waals surface area (Å²) in [5.74, 6) is 1.64. The van der Waals surface area contributed by atoms with Crippen molar-refractivity contribution in [1.82, 2.24) is 9.88 Å². The van der Waals surface area contributed by atoms with Crippen molar-refractivity contribution in [1.29, 1.82) is 0 Å². The summed E-state index contributed by atoms with van der Waals surface area (Å²) in [6.45, 7) is 1.85. The van der Waals surface area contributed by atoms with Gasteiger partial charge in [-0.15, -0.1) is 0 Å². The number of hydrogen-bond acceptors (Lipinski definition) is 6. The normalized spacial score (nSPS) is 10.9. The first-order valence-corrected chi connectivity index (χ1v) is 11.1. The number of unbranched alkanes of at least 4 members (excludes halogenated alkanes) is 3. The minimum absolute atomic E-state index is 0.0927. The number of nitrogens with zero attached hydrogens (tertiary/aromatic N) is 2. The molecular weight excluding hydrogens is 396 g/mol. The molecule has 3 rings (SSSR count). The van der Waals surface area contributed by atoms with Crippen molar-refractivity contribution in [2.45, 2.75) is 25.7 Å². The topological polar surface area (TPSA) is 51.7 Å². The summed E-state index contributed by atoms with van der Waals surface area (Å²) >= 11 is 1.49. The standard InChI is InChI=1S/C24H28N2O3S/c1-26(2)15-5-3-4-6-16-28-20-9-11-21(12-10-20)29-24-22(8-7-14-25-24)23(27)19-13-17-30-18-19/h7-14,17-18H,3-6,15-16H2,1-2H3. The van der Waals surface area contributed by atoms with E-state index in [2.05, 4.69) is 24.0 Å². The lowest BCUT2D eigenvalue weighted by Crippen LogP contribution is -2.12. The summed E-state index contributed by atoms with van der Waals surface area (Å²) in [6, 6.07) is 12.7. The van der Waals surface area contributed by atoms with Gasteiger partial charge in [0, 0.05) is 17.1 Å². The molecule has 5 nitrogen and oxygen atoms in total. The van der Waals surface area contributed by atoms with Crippen molar-refractivity contribution in [2.24, 2.45) is 0 Å². The van der Waals surface area contributed by atoms with Crippen molar-refractivity contribution in [3.05, 3.63) is 70.5 Å². The van der Waals surface area contributed by atoms with E-state index in [1.54, 1.807) is 24.4 Å². The van der Waals surface area contributed by atoms with Gasteiger partial charge in [0.25, 0.3) is 0 Å². The molecule has 6 heteroatoms. The maximum atomic E-state index is 12.7. The maximum absolute atomic E-state index is 12.7. The fourth-order valence-electron chi connectivity index (χ4n) is 2.98. The van der Waals surface area contributed by atoms with Gasteiger partial charge in [-0.05, 0) is 81.3 Å². The molecule has 0 unspecified atom stereocenters. The first-order valence-electron chi connectivity index (χ1n) is 10.2. The molecule has 30 heavy (non-hydrogen) atoms. The van der Waals surface area contributed by atoms with Crippen LogP contribution in [-0.2, 0) is 0 Å². The molecule has 0 N–H and O–H groups in total. The predicted octanol–water partition coefficient (Wildman–Crippen LogP) is 5.67. The molecule has 0 aliphatic carbocycles. The second kappa shape index (κ2) is 11.5. The van der Waals surface area contributed by atoms with Crippen LogP contribution in [0.25, 0.3) is 0 Å². The molecule has 0 radical (unpaired) electrons. The second-order valence-corrected chi connectivity index (χ2v) is 8.12. The van der Waals surface area contributed by atoms with Crippen LogP contribution in [0.1, 0.15) is 41.6 Å². The molecule has 0 spiro atoms. The number of carbonyl (C=O) groups is 1. The molecule has 3 aromatic rings. The lowest BCUT2D eigenvalue weighted by atomic mass is 10.1. The van der Waals surface area contributed by atoms with Crippen LogP contribution in [0.15, 0.2) is 59.4 Å². The van der Waals surface area contributed by atoms with Gasteiger partial charge in [0.2, 0.25) is 5.88 Å². The number of ether oxygens (including phenoxy) is 2. The highest BCUT2D eigenvalue weighted by atomic mass is 32.1. The van der Waals surface area contributed by atoms with Gasteiger partial charge >= 0.3 is 0 Å². The number of aromatic nitrogens is 1. The van der Waals surface area contributed by atoms with E-state index in [-0.39, 0.29) is 5.78 Å². The molecule has 0 bridgehead atoms. The number of pyridine rings is 1. The van der Waals surface area contributed by atoms with Crippen LogP contribution in [-0.4, -0.2) is 42.9 Å². The van der Waals surface area contributed by atoms with Crippen LogP contribution in [0, 0.1) is 0 Å². The number of rotatable bonds is 12. The van der Waals surface area contributed by atoms with Crippen LogP contribution in [0.2, 0.25) is 0 Å². The smallest absolute Gasteiger partial charge is 0.230 e. The second-order valence-electron chi connectivity index (χ2n) is 7.34. The molecule has 0 aliphatic heterocycles. The number of ketones is 1. The summed E-state index contributed by atoms with van der Waals surface area (Å²) in [7, 11) is 4.21. The minimum Gasteiger partial charge on any atom is -0.494 e. The van der Waals surface area contributed by atoms with Gasteiger partial charge in [-0.25, -0.2) is 4.98 Å². The number of hydrogen-bond donors (Lipinski definition) is 0. The zero-order valence-electron chi connectivity index (χ0n) is 17.5. The molecule has 158 valence electrons. The van der Waals surface area contributed by atoms with E-state index in [4.69, 9.17) is 9.47 Å². The van der Waals surface area contributed by atoms with Crippen LogP contribution in [0.5, 0.6) is 17.4 Å². The monoisotopic (exact) mass is 424 g/mol. The molecule has 2 heterocycles. The van der Waals surface area contributed by atoms with Crippen molar-refractivity contribution in [2.75, 3.05) is 27.2 Å². The predicted molar refractivity (Wildman–Crippen MR) is 121 cm³/mol. The van der Waals surface area contributed by atoms with Crippen molar-refractivity contribution in [3.8, 4) is 17.4 Å². The molecule has 0 fully saturated rings. The Morgan fingerprint density at radius 3 is 2.50 bits per heavy atom. The third-order valence-electron chi connectivity index (χ3n) is 4.61. The van der Waals surface area contributed by atoms with E-state index in [1.165, 1.54) is 30.6 Å². The summed E-state index contributed by atoms with van der Waals surface area (Å²) in [5.41, 5.74) is 1.09. The molecule has 2 aromatic heterocycles. The Morgan fingerprint density at radius 1 is 1.00 bits per heavy atom. The largest absolute Gasteiger partial charge is 0.494 e. The van der Waals surface area contributed by atoms with E-state index < -0.39 is 0 Å². The fourth-order valence-corrected chi connectivity index (χ4v) is 3.62. The first-order chi connectivity index (χ1) is 14.6. The molecule has 0 amide bonds. The van der Waals surface area contributed by atoms with Gasteiger partial charge in [0.05, 0.1) is 12.2 Å². The van der Waals surface area contributed by atoms with E-state index >= 15 is 0 Å². The van der Waals surface area contributed by atoms with Gasteiger partial charge in [-0.3, -0.25) is 4.79 Å². The van der Waals surface area contributed by atoms with Crippen molar-refractivity contribution < 1.29 is 14.3 Å². The first kappa shape index (κ1) is 22.0. The van der Waals surface area contributed by atoms with Crippen molar-refractivity contribution in [3.63, 3.8) is 0 Å². The van der Waals surface area contributed by atoms with Gasteiger partial charge in [0.1, 0.15) is 11.5 Å². The SMILES string of the molecule is CN(C)CCCCCCOc1ccc(Oc2ncccc2C(=O)c2ccsc2)cc1. The van der Waals surface area contributed by atoms with Gasteiger partial charge in [0.15, 0.2) is 5.78 Å². The molecular formula is C24H28N2O3S. The van der Waals surface area contributed by atoms with Crippen LogP contribution in [0.4, 0.5) is 0 Å². The Kier molecular flexibility index (Phi) is 8.41. The Hall–Kier alpha value is -2.70. The maximum Gasteiger partial charge on any atom is 0.230 e. The molecule has 0 aliphatic rings. The Morgan fingerprint density at radius 2 is 1.77 bits per heavy atom. The average molecular weight is 425 g/mol. The number of thiophene rings is 1. The number of carbonyl (C=O) groups excluding carboxylic acids is 1. The summed E-state index contributed by atoms with van der Waals surface area (Å²) in [6.07, 6.45) is 6.30. The van der Waals surface area contributed by atoms with Crippen LogP contribution < -0.4 is 9.47 Å².